The van der Waals surface area contributed by atoms with Crippen LogP contribution in [0.5, 0.6) is 0 Å². The number of anilines is 1. The molecule has 0 saturated carbocycles. The van der Waals surface area contributed by atoms with Crippen molar-refractivity contribution in [1.29, 1.82) is 0 Å². The maximum absolute atomic E-state index is 6.08. The molecule has 1 aromatic carbocycles. The summed E-state index contributed by atoms with van der Waals surface area (Å²) < 4.78 is 1.10. The second-order valence-corrected chi connectivity index (χ2v) is 5.30. The van der Waals surface area contributed by atoms with Crippen molar-refractivity contribution < 1.29 is 0 Å². The molecule has 0 atom stereocenters. The quantitative estimate of drug-likeness (QED) is 0.883. The molecule has 0 spiro atoms. The highest BCUT2D eigenvalue weighted by atomic mass is 79.9. The highest BCUT2D eigenvalue weighted by molar-refractivity contribution is 9.10. The molecule has 0 saturated heterocycles. The summed E-state index contributed by atoms with van der Waals surface area (Å²) in [6, 6.07) is 8.18. The van der Waals surface area contributed by atoms with Gasteiger partial charge in [0.25, 0.3) is 0 Å². The highest BCUT2D eigenvalue weighted by Crippen LogP contribution is 2.23. The Bertz CT molecular complexity index is 543. The van der Waals surface area contributed by atoms with Crippen LogP contribution in [-0.2, 0) is 13.0 Å². The molecule has 18 heavy (non-hydrogen) atoms. The summed E-state index contributed by atoms with van der Waals surface area (Å²) in [5.74, 6) is 0. The van der Waals surface area contributed by atoms with E-state index in [9.17, 15) is 0 Å². The molecule has 1 N–H and O–H groups in total. The first-order chi connectivity index (χ1) is 8.70. The van der Waals surface area contributed by atoms with Gasteiger partial charge in [0.15, 0.2) is 0 Å². The Labute approximate surface area is 121 Å². The molecule has 0 aliphatic rings. The fraction of sp³-hybridized carbons (Fsp3) is 0.214. The summed E-state index contributed by atoms with van der Waals surface area (Å²) in [6.45, 7) is 2.85. The molecule has 0 radical (unpaired) electrons. The lowest BCUT2D eigenvalue weighted by Gasteiger charge is -2.12. The van der Waals surface area contributed by atoms with Crippen molar-refractivity contribution in [1.82, 2.24) is 4.98 Å². The molecular formula is C14H14BrClN2. The van der Waals surface area contributed by atoms with Gasteiger partial charge < -0.3 is 5.32 Å². The van der Waals surface area contributed by atoms with Crippen molar-refractivity contribution in [2.45, 2.75) is 19.9 Å². The van der Waals surface area contributed by atoms with Gasteiger partial charge in [-0.2, -0.15) is 0 Å². The highest BCUT2D eigenvalue weighted by Gasteiger charge is 2.03. The largest absolute Gasteiger partial charge is 0.381 e. The van der Waals surface area contributed by atoms with Gasteiger partial charge in [-0.25, -0.2) is 0 Å². The van der Waals surface area contributed by atoms with E-state index in [-0.39, 0.29) is 0 Å². The lowest BCUT2D eigenvalue weighted by Crippen LogP contribution is -2.02. The predicted molar refractivity (Wildman–Crippen MR) is 80.1 cm³/mol. The molecule has 1 heterocycles. The van der Waals surface area contributed by atoms with E-state index in [0.717, 1.165) is 22.1 Å². The Morgan fingerprint density at radius 3 is 2.83 bits per heavy atom. The molecule has 1 aromatic heterocycles. The van der Waals surface area contributed by atoms with Gasteiger partial charge in [0.05, 0.1) is 5.02 Å². The summed E-state index contributed by atoms with van der Waals surface area (Å²) in [4.78, 5) is 3.98. The van der Waals surface area contributed by atoms with E-state index in [0.29, 0.717) is 11.6 Å². The minimum atomic E-state index is 0.695. The van der Waals surface area contributed by atoms with Gasteiger partial charge in [0, 0.05) is 29.1 Å². The van der Waals surface area contributed by atoms with Crippen molar-refractivity contribution in [3.63, 3.8) is 0 Å². The molecule has 2 aromatic rings. The van der Waals surface area contributed by atoms with Crippen LogP contribution in [0.15, 0.2) is 41.1 Å². The molecule has 2 nitrogen and oxygen atoms in total. The van der Waals surface area contributed by atoms with E-state index in [1.165, 1.54) is 5.56 Å². The normalized spacial score (nSPS) is 10.4. The third-order valence-corrected chi connectivity index (χ3v) is 3.61. The molecule has 0 unspecified atom stereocenters. The van der Waals surface area contributed by atoms with Crippen molar-refractivity contribution in [3.05, 3.63) is 57.3 Å². The summed E-state index contributed by atoms with van der Waals surface area (Å²) >= 11 is 9.57. The molecule has 0 fully saturated rings. The lowest BCUT2D eigenvalue weighted by atomic mass is 10.1. The van der Waals surface area contributed by atoms with E-state index in [1.54, 1.807) is 12.4 Å². The maximum Gasteiger partial charge on any atom is 0.0639 e. The fourth-order valence-corrected chi connectivity index (χ4v) is 2.36. The molecule has 0 amide bonds. The number of halogens is 2. The summed E-state index contributed by atoms with van der Waals surface area (Å²) in [5, 5.41) is 4.11. The number of pyridine rings is 1. The summed E-state index contributed by atoms with van der Waals surface area (Å²) in [6.07, 6.45) is 4.41. The van der Waals surface area contributed by atoms with Crippen molar-refractivity contribution in [2.75, 3.05) is 5.32 Å². The number of benzene rings is 1. The number of nitrogens with zero attached hydrogens (tertiary/aromatic N) is 1. The maximum atomic E-state index is 6.08. The van der Waals surface area contributed by atoms with Gasteiger partial charge in [-0.1, -0.05) is 34.5 Å². The van der Waals surface area contributed by atoms with Crippen molar-refractivity contribution >= 4 is 33.2 Å². The van der Waals surface area contributed by atoms with Gasteiger partial charge in [0.1, 0.15) is 0 Å². The van der Waals surface area contributed by atoms with E-state index in [2.05, 4.69) is 45.3 Å². The van der Waals surface area contributed by atoms with Crippen LogP contribution in [0.1, 0.15) is 18.1 Å². The topological polar surface area (TPSA) is 24.9 Å². The van der Waals surface area contributed by atoms with Crippen LogP contribution < -0.4 is 5.32 Å². The second kappa shape index (κ2) is 6.21. The van der Waals surface area contributed by atoms with Gasteiger partial charge in [-0.05, 0) is 41.8 Å². The van der Waals surface area contributed by atoms with Crippen molar-refractivity contribution in [3.8, 4) is 0 Å². The Kier molecular flexibility index (Phi) is 4.61. The van der Waals surface area contributed by atoms with E-state index < -0.39 is 0 Å². The van der Waals surface area contributed by atoms with Crippen LogP contribution in [0.4, 0.5) is 5.69 Å². The van der Waals surface area contributed by atoms with E-state index >= 15 is 0 Å². The van der Waals surface area contributed by atoms with Crippen LogP contribution in [0.2, 0.25) is 5.02 Å². The van der Waals surface area contributed by atoms with Crippen LogP contribution >= 0.6 is 27.5 Å². The standard InChI is InChI=1S/C14H14BrClN2/c1-2-10-7-12(15)3-4-14(10)18-8-11-5-6-17-9-13(11)16/h3-7,9,18H,2,8H2,1H3. The number of rotatable bonds is 4. The molecule has 0 aliphatic heterocycles. The first kappa shape index (κ1) is 13.4. The Hall–Kier alpha value is -1.06. The number of aromatic nitrogens is 1. The summed E-state index contributed by atoms with van der Waals surface area (Å²) in [7, 11) is 0. The molecule has 2 rings (SSSR count). The Morgan fingerprint density at radius 1 is 1.28 bits per heavy atom. The molecule has 0 bridgehead atoms. The van der Waals surface area contributed by atoms with Crippen LogP contribution in [0, 0.1) is 0 Å². The fourth-order valence-electron chi connectivity index (χ4n) is 1.77. The molecular weight excluding hydrogens is 312 g/mol. The molecule has 94 valence electrons. The van der Waals surface area contributed by atoms with Gasteiger partial charge >= 0.3 is 0 Å². The first-order valence-electron chi connectivity index (χ1n) is 5.81. The van der Waals surface area contributed by atoms with Gasteiger partial charge in [-0.15, -0.1) is 0 Å². The Balaban J connectivity index is 2.13. The average molecular weight is 326 g/mol. The zero-order valence-corrected chi connectivity index (χ0v) is 12.4. The van der Waals surface area contributed by atoms with E-state index in [1.807, 2.05) is 12.1 Å². The first-order valence-corrected chi connectivity index (χ1v) is 6.98. The predicted octanol–water partition coefficient (Wildman–Crippen LogP) is 4.67. The van der Waals surface area contributed by atoms with Crippen molar-refractivity contribution in [2.24, 2.45) is 0 Å². The smallest absolute Gasteiger partial charge is 0.0639 e. The lowest BCUT2D eigenvalue weighted by molar-refractivity contribution is 1.08. The van der Waals surface area contributed by atoms with Crippen LogP contribution in [0.25, 0.3) is 0 Å². The monoisotopic (exact) mass is 324 g/mol. The number of hydrogen-bond donors (Lipinski definition) is 1. The number of hydrogen-bond acceptors (Lipinski definition) is 2. The Morgan fingerprint density at radius 2 is 2.11 bits per heavy atom. The third-order valence-electron chi connectivity index (χ3n) is 2.77. The zero-order valence-electron chi connectivity index (χ0n) is 10.1. The van der Waals surface area contributed by atoms with E-state index in [4.69, 9.17) is 11.6 Å². The molecule has 0 aliphatic carbocycles. The minimum absolute atomic E-state index is 0.695. The van der Waals surface area contributed by atoms with Crippen LogP contribution in [0.3, 0.4) is 0 Å². The summed E-state index contributed by atoms with van der Waals surface area (Å²) in [5.41, 5.74) is 3.49. The number of nitrogens with one attached hydrogen (secondary N) is 1. The van der Waals surface area contributed by atoms with Crippen LogP contribution in [-0.4, -0.2) is 4.98 Å². The SMILES string of the molecule is CCc1cc(Br)ccc1NCc1ccncc1Cl. The average Bonchev–Trinajstić information content (AvgIpc) is 2.39. The zero-order chi connectivity index (χ0) is 13.0. The van der Waals surface area contributed by atoms with Gasteiger partial charge in [0.2, 0.25) is 0 Å². The van der Waals surface area contributed by atoms with Gasteiger partial charge in [-0.3, -0.25) is 4.98 Å². The second-order valence-electron chi connectivity index (χ2n) is 3.98. The molecule has 4 heteroatoms. The third kappa shape index (κ3) is 3.24. The minimum Gasteiger partial charge on any atom is -0.381 e. The number of aryl methyl sites for hydroxylation is 1.